The monoisotopic (exact) mass is 343 g/mol. The highest BCUT2D eigenvalue weighted by atomic mass is 16.7. The minimum atomic E-state index is -0.126. The Bertz CT molecular complexity index is 798. The zero-order valence-corrected chi connectivity index (χ0v) is 13.7. The molecule has 2 aliphatic rings. The van der Waals surface area contributed by atoms with Crippen LogP contribution in [0.15, 0.2) is 30.6 Å². The summed E-state index contributed by atoms with van der Waals surface area (Å²) in [7, 11) is 1.52. The van der Waals surface area contributed by atoms with E-state index in [4.69, 9.17) is 18.9 Å². The Labute approximate surface area is 144 Å². The van der Waals surface area contributed by atoms with E-state index in [-0.39, 0.29) is 18.8 Å². The summed E-state index contributed by atoms with van der Waals surface area (Å²) in [5, 5.41) is 0. The van der Waals surface area contributed by atoms with Gasteiger partial charge in [-0.2, -0.15) is 4.98 Å². The number of nitrogens with zero attached hydrogens (tertiary/aromatic N) is 3. The Morgan fingerprint density at radius 2 is 2.08 bits per heavy atom. The van der Waals surface area contributed by atoms with Crippen LogP contribution in [0, 0.1) is 0 Å². The van der Waals surface area contributed by atoms with Gasteiger partial charge in [0.1, 0.15) is 6.10 Å². The third-order valence-corrected chi connectivity index (χ3v) is 4.14. The average Bonchev–Trinajstić information content (AvgIpc) is 3.29. The van der Waals surface area contributed by atoms with Crippen molar-refractivity contribution in [2.75, 3.05) is 27.0 Å². The number of carbonyl (C=O) groups excluding carboxylic acids is 1. The van der Waals surface area contributed by atoms with Gasteiger partial charge < -0.3 is 23.8 Å². The highest BCUT2D eigenvalue weighted by Gasteiger charge is 2.29. The fraction of sp³-hybridized carbons (Fsp3) is 0.353. The zero-order valence-electron chi connectivity index (χ0n) is 13.7. The third kappa shape index (κ3) is 3.15. The van der Waals surface area contributed by atoms with E-state index in [9.17, 15) is 4.79 Å². The van der Waals surface area contributed by atoms with Crippen LogP contribution in [0.2, 0.25) is 0 Å². The molecule has 0 N–H and O–H groups in total. The van der Waals surface area contributed by atoms with Gasteiger partial charge in [0.15, 0.2) is 11.5 Å². The molecule has 1 aromatic heterocycles. The van der Waals surface area contributed by atoms with Crippen molar-refractivity contribution in [3.05, 3.63) is 36.2 Å². The second-order valence-corrected chi connectivity index (χ2v) is 5.75. The van der Waals surface area contributed by atoms with Gasteiger partial charge in [-0.3, -0.25) is 9.78 Å². The molecule has 1 amide bonds. The van der Waals surface area contributed by atoms with Crippen molar-refractivity contribution >= 4 is 5.91 Å². The molecule has 1 unspecified atom stereocenters. The van der Waals surface area contributed by atoms with E-state index in [1.807, 2.05) is 0 Å². The topological polar surface area (TPSA) is 83.0 Å². The molecule has 0 bridgehead atoms. The van der Waals surface area contributed by atoms with Gasteiger partial charge >= 0.3 is 0 Å². The first-order chi connectivity index (χ1) is 12.2. The summed E-state index contributed by atoms with van der Waals surface area (Å²) in [5.74, 6) is 1.99. The molecule has 0 saturated carbocycles. The molecule has 1 fully saturated rings. The summed E-state index contributed by atoms with van der Waals surface area (Å²) in [4.78, 5) is 22.6. The summed E-state index contributed by atoms with van der Waals surface area (Å²) < 4.78 is 21.4. The molecule has 130 valence electrons. The van der Waals surface area contributed by atoms with Crippen LogP contribution in [0.4, 0.5) is 0 Å². The molecule has 2 aliphatic heterocycles. The smallest absolute Gasteiger partial charge is 0.254 e. The largest absolute Gasteiger partial charge is 0.480 e. The number of hydrogen-bond donors (Lipinski definition) is 0. The number of likely N-dealkylation sites (tertiary alicyclic amines) is 1. The van der Waals surface area contributed by atoms with Crippen molar-refractivity contribution in [1.82, 2.24) is 14.9 Å². The van der Waals surface area contributed by atoms with Crippen LogP contribution in [0.1, 0.15) is 16.8 Å². The Morgan fingerprint density at radius 3 is 2.96 bits per heavy atom. The highest BCUT2D eigenvalue weighted by molar-refractivity contribution is 5.95. The van der Waals surface area contributed by atoms with Gasteiger partial charge in [-0.25, -0.2) is 0 Å². The molecule has 0 spiro atoms. The van der Waals surface area contributed by atoms with E-state index in [0.717, 1.165) is 6.42 Å². The Hall–Kier alpha value is -3.03. The van der Waals surface area contributed by atoms with Crippen molar-refractivity contribution in [1.29, 1.82) is 0 Å². The quantitative estimate of drug-likeness (QED) is 0.832. The van der Waals surface area contributed by atoms with Gasteiger partial charge in [-0.05, 0) is 18.2 Å². The van der Waals surface area contributed by atoms with Crippen LogP contribution in [-0.2, 0) is 0 Å². The van der Waals surface area contributed by atoms with Crippen molar-refractivity contribution in [2.45, 2.75) is 12.5 Å². The summed E-state index contributed by atoms with van der Waals surface area (Å²) in [6.45, 7) is 1.30. The maximum absolute atomic E-state index is 12.7. The van der Waals surface area contributed by atoms with E-state index in [1.165, 1.54) is 19.5 Å². The number of amides is 1. The molecule has 25 heavy (non-hydrogen) atoms. The molecule has 1 aromatic carbocycles. The lowest BCUT2D eigenvalue weighted by molar-refractivity contribution is 0.0770. The fourth-order valence-electron chi connectivity index (χ4n) is 2.88. The summed E-state index contributed by atoms with van der Waals surface area (Å²) in [6, 6.07) is 5.22. The molecule has 2 aromatic rings. The number of benzene rings is 1. The Balaban J connectivity index is 1.40. The van der Waals surface area contributed by atoms with Gasteiger partial charge in [-0.1, -0.05) is 0 Å². The van der Waals surface area contributed by atoms with Crippen LogP contribution in [0.25, 0.3) is 0 Å². The summed E-state index contributed by atoms with van der Waals surface area (Å²) in [5.41, 5.74) is 0.575. The van der Waals surface area contributed by atoms with Crippen LogP contribution >= 0.6 is 0 Å². The number of methoxy groups -OCH3 is 1. The summed E-state index contributed by atoms with van der Waals surface area (Å²) >= 11 is 0. The van der Waals surface area contributed by atoms with Gasteiger partial charge in [0.25, 0.3) is 5.91 Å². The first-order valence-corrected chi connectivity index (χ1v) is 7.94. The first-order valence-electron chi connectivity index (χ1n) is 7.94. The second kappa shape index (κ2) is 6.46. The molecular formula is C17H17N3O5. The second-order valence-electron chi connectivity index (χ2n) is 5.75. The lowest BCUT2D eigenvalue weighted by Gasteiger charge is -2.17. The molecule has 1 atom stereocenters. The maximum Gasteiger partial charge on any atom is 0.254 e. The van der Waals surface area contributed by atoms with E-state index in [2.05, 4.69) is 9.97 Å². The molecule has 0 aliphatic carbocycles. The first kappa shape index (κ1) is 15.5. The maximum atomic E-state index is 12.7. The Kier molecular flexibility index (Phi) is 4.01. The van der Waals surface area contributed by atoms with Crippen LogP contribution < -0.4 is 18.9 Å². The summed E-state index contributed by atoms with van der Waals surface area (Å²) in [6.07, 6.45) is 3.65. The van der Waals surface area contributed by atoms with Gasteiger partial charge in [0, 0.05) is 18.5 Å². The van der Waals surface area contributed by atoms with E-state index in [0.29, 0.717) is 41.9 Å². The molecule has 3 heterocycles. The normalized spacial score (nSPS) is 18.3. The lowest BCUT2D eigenvalue weighted by Crippen LogP contribution is -2.31. The number of ether oxygens (including phenoxy) is 4. The lowest BCUT2D eigenvalue weighted by atomic mass is 10.2. The highest BCUT2D eigenvalue weighted by Crippen LogP contribution is 2.33. The third-order valence-electron chi connectivity index (χ3n) is 4.14. The number of rotatable bonds is 4. The number of hydrogen-bond acceptors (Lipinski definition) is 7. The number of fused-ring (bicyclic) bond motifs is 1. The fourth-order valence-corrected chi connectivity index (χ4v) is 2.88. The molecule has 8 nitrogen and oxygen atoms in total. The van der Waals surface area contributed by atoms with Crippen molar-refractivity contribution < 1.29 is 23.7 Å². The Morgan fingerprint density at radius 1 is 1.24 bits per heavy atom. The van der Waals surface area contributed by atoms with Crippen LogP contribution in [0.5, 0.6) is 23.3 Å². The number of aromatic nitrogens is 2. The average molecular weight is 343 g/mol. The van der Waals surface area contributed by atoms with Gasteiger partial charge in [-0.15, -0.1) is 0 Å². The SMILES string of the molecule is COc1cncc(OC2CCN(C(=O)c3ccc4c(c3)OCO4)C2)n1. The van der Waals surface area contributed by atoms with E-state index >= 15 is 0 Å². The molecule has 0 radical (unpaired) electrons. The van der Waals surface area contributed by atoms with E-state index in [1.54, 1.807) is 23.1 Å². The number of carbonyl (C=O) groups is 1. The molecule has 8 heteroatoms. The van der Waals surface area contributed by atoms with Crippen LogP contribution in [-0.4, -0.2) is 53.9 Å². The zero-order chi connectivity index (χ0) is 17.2. The standard InChI is InChI=1S/C17H17N3O5/c1-22-15-7-18-8-16(19-15)25-12-4-5-20(9-12)17(21)11-2-3-13-14(6-11)24-10-23-13/h2-3,6-8,12H,4-5,9-10H2,1H3. The van der Waals surface area contributed by atoms with Crippen molar-refractivity contribution in [3.8, 4) is 23.3 Å². The molecular weight excluding hydrogens is 326 g/mol. The van der Waals surface area contributed by atoms with Gasteiger partial charge in [0.05, 0.1) is 26.0 Å². The van der Waals surface area contributed by atoms with Crippen LogP contribution in [0.3, 0.4) is 0 Å². The molecule has 1 saturated heterocycles. The van der Waals surface area contributed by atoms with E-state index < -0.39 is 0 Å². The molecule has 4 rings (SSSR count). The predicted molar refractivity (Wildman–Crippen MR) is 86.1 cm³/mol. The van der Waals surface area contributed by atoms with Gasteiger partial charge in [0.2, 0.25) is 18.6 Å². The minimum Gasteiger partial charge on any atom is -0.480 e. The van der Waals surface area contributed by atoms with Crippen molar-refractivity contribution in [2.24, 2.45) is 0 Å². The predicted octanol–water partition coefficient (Wildman–Crippen LogP) is 1.51. The van der Waals surface area contributed by atoms with Crippen molar-refractivity contribution in [3.63, 3.8) is 0 Å². The minimum absolute atomic E-state index is 0.0545.